The second kappa shape index (κ2) is 4.10. The van der Waals surface area contributed by atoms with Gasteiger partial charge >= 0.3 is 0 Å². The first-order valence-electron chi connectivity index (χ1n) is 3.15. The van der Waals surface area contributed by atoms with Crippen molar-refractivity contribution in [2.75, 3.05) is 18.5 Å². The number of anilines is 1. The van der Waals surface area contributed by atoms with Crippen LogP contribution in [-0.4, -0.2) is 28.2 Å². The Bertz CT molecular complexity index is 231. The number of halogens is 1. The van der Waals surface area contributed by atoms with Gasteiger partial charge in [-0.05, 0) is 0 Å². The van der Waals surface area contributed by atoms with Crippen molar-refractivity contribution < 1.29 is 5.11 Å². The van der Waals surface area contributed by atoms with Crippen LogP contribution >= 0.6 is 11.6 Å². The van der Waals surface area contributed by atoms with E-state index in [1.165, 1.54) is 6.20 Å². The van der Waals surface area contributed by atoms with Gasteiger partial charge in [-0.2, -0.15) is 0 Å². The zero-order chi connectivity index (χ0) is 8.10. The molecule has 0 fully saturated rings. The largest absolute Gasteiger partial charge is 0.395 e. The third kappa shape index (κ3) is 2.69. The zero-order valence-corrected chi connectivity index (χ0v) is 6.54. The van der Waals surface area contributed by atoms with Crippen LogP contribution in [0.1, 0.15) is 0 Å². The molecule has 0 aromatic carbocycles. The average molecular weight is 174 g/mol. The SMILES string of the molecule is OCCNc1cncc(Cl)n1. The zero-order valence-electron chi connectivity index (χ0n) is 5.79. The van der Waals surface area contributed by atoms with Gasteiger partial charge in [-0.15, -0.1) is 0 Å². The minimum Gasteiger partial charge on any atom is -0.395 e. The van der Waals surface area contributed by atoms with Crippen LogP contribution in [0, 0.1) is 0 Å². The standard InChI is InChI=1S/C6H8ClN3O/c7-5-3-8-4-6(10-5)9-1-2-11/h3-4,11H,1-2H2,(H,9,10). The molecule has 0 bridgehead atoms. The van der Waals surface area contributed by atoms with E-state index in [0.717, 1.165) is 0 Å². The molecule has 0 saturated heterocycles. The fraction of sp³-hybridized carbons (Fsp3) is 0.333. The second-order valence-corrected chi connectivity index (χ2v) is 2.26. The molecule has 11 heavy (non-hydrogen) atoms. The highest BCUT2D eigenvalue weighted by Gasteiger charge is 1.93. The Hall–Kier alpha value is -0.870. The number of aromatic nitrogens is 2. The highest BCUT2D eigenvalue weighted by atomic mass is 35.5. The monoisotopic (exact) mass is 173 g/mol. The molecular formula is C6H8ClN3O. The minimum absolute atomic E-state index is 0.0637. The maximum absolute atomic E-state index is 8.45. The lowest BCUT2D eigenvalue weighted by Gasteiger charge is -2.00. The molecule has 1 heterocycles. The quantitative estimate of drug-likeness (QED) is 0.701. The number of aliphatic hydroxyl groups excluding tert-OH is 1. The van der Waals surface area contributed by atoms with E-state index in [9.17, 15) is 0 Å². The molecule has 0 aliphatic rings. The molecule has 0 radical (unpaired) electrons. The number of hydrogen-bond donors (Lipinski definition) is 2. The maximum atomic E-state index is 8.45. The molecule has 0 amide bonds. The summed E-state index contributed by atoms with van der Waals surface area (Å²) < 4.78 is 0. The predicted octanol–water partition coefficient (Wildman–Crippen LogP) is 0.534. The van der Waals surface area contributed by atoms with Crippen molar-refractivity contribution in [3.63, 3.8) is 0 Å². The lowest BCUT2D eigenvalue weighted by molar-refractivity contribution is 0.311. The third-order valence-corrected chi connectivity index (χ3v) is 1.21. The molecule has 0 saturated carbocycles. The topological polar surface area (TPSA) is 58.0 Å². The van der Waals surface area contributed by atoms with Crippen molar-refractivity contribution in [1.82, 2.24) is 9.97 Å². The van der Waals surface area contributed by atoms with Crippen molar-refractivity contribution in [2.45, 2.75) is 0 Å². The first kappa shape index (κ1) is 8.23. The average Bonchev–Trinajstić information content (AvgIpc) is 2.01. The normalized spacial score (nSPS) is 9.64. The van der Waals surface area contributed by atoms with E-state index in [-0.39, 0.29) is 6.61 Å². The smallest absolute Gasteiger partial charge is 0.149 e. The maximum Gasteiger partial charge on any atom is 0.149 e. The molecule has 1 aromatic heterocycles. The van der Waals surface area contributed by atoms with Crippen molar-refractivity contribution in [3.8, 4) is 0 Å². The van der Waals surface area contributed by atoms with Crippen molar-refractivity contribution in [3.05, 3.63) is 17.5 Å². The summed E-state index contributed by atoms with van der Waals surface area (Å²) in [7, 11) is 0. The summed E-state index contributed by atoms with van der Waals surface area (Å²) in [5, 5.41) is 11.6. The minimum atomic E-state index is 0.0637. The van der Waals surface area contributed by atoms with E-state index in [4.69, 9.17) is 16.7 Å². The Morgan fingerprint density at radius 1 is 1.55 bits per heavy atom. The van der Waals surface area contributed by atoms with Gasteiger partial charge in [0.15, 0.2) is 0 Å². The van der Waals surface area contributed by atoms with E-state index < -0.39 is 0 Å². The van der Waals surface area contributed by atoms with Gasteiger partial charge in [-0.1, -0.05) is 11.6 Å². The van der Waals surface area contributed by atoms with Crippen LogP contribution in [0.15, 0.2) is 12.4 Å². The van der Waals surface area contributed by atoms with Gasteiger partial charge in [0, 0.05) is 6.54 Å². The lowest BCUT2D eigenvalue weighted by Crippen LogP contribution is -2.06. The van der Waals surface area contributed by atoms with Crippen LogP contribution in [0.2, 0.25) is 5.15 Å². The van der Waals surface area contributed by atoms with Gasteiger partial charge in [0.1, 0.15) is 11.0 Å². The van der Waals surface area contributed by atoms with Crippen LogP contribution in [0.5, 0.6) is 0 Å². The molecule has 60 valence electrons. The molecule has 0 atom stereocenters. The molecule has 1 rings (SSSR count). The van der Waals surface area contributed by atoms with Gasteiger partial charge in [0.25, 0.3) is 0 Å². The van der Waals surface area contributed by atoms with Crippen molar-refractivity contribution in [2.24, 2.45) is 0 Å². The molecule has 0 unspecified atom stereocenters. The number of aliphatic hydroxyl groups is 1. The Balaban J connectivity index is 2.56. The molecule has 4 nitrogen and oxygen atoms in total. The van der Waals surface area contributed by atoms with Gasteiger partial charge in [-0.25, -0.2) is 4.98 Å². The number of nitrogens with one attached hydrogen (secondary N) is 1. The van der Waals surface area contributed by atoms with E-state index in [1.54, 1.807) is 6.20 Å². The van der Waals surface area contributed by atoms with Gasteiger partial charge in [0.2, 0.25) is 0 Å². The summed E-state index contributed by atoms with van der Waals surface area (Å²) in [5.74, 6) is 0.576. The molecular weight excluding hydrogens is 166 g/mol. The van der Waals surface area contributed by atoms with Crippen LogP contribution in [0.4, 0.5) is 5.82 Å². The van der Waals surface area contributed by atoms with Crippen molar-refractivity contribution in [1.29, 1.82) is 0 Å². The van der Waals surface area contributed by atoms with Crippen molar-refractivity contribution >= 4 is 17.4 Å². The van der Waals surface area contributed by atoms with E-state index in [2.05, 4.69) is 15.3 Å². The Kier molecular flexibility index (Phi) is 3.07. The van der Waals surface area contributed by atoms with Gasteiger partial charge < -0.3 is 10.4 Å². The van der Waals surface area contributed by atoms with Crippen LogP contribution in [0.25, 0.3) is 0 Å². The fourth-order valence-electron chi connectivity index (χ4n) is 0.611. The Morgan fingerprint density at radius 3 is 3.00 bits per heavy atom. The molecule has 1 aromatic rings. The molecule has 0 aliphatic heterocycles. The van der Waals surface area contributed by atoms with Gasteiger partial charge in [0.05, 0.1) is 19.0 Å². The summed E-state index contributed by atoms with van der Waals surface area (Å²) >= 11 is 5.55. The highest BCUT2D eigenvalue weighted by Crippen LogP contribution is 2.05. The Morgan fingerprint density at radius 2 is 2.36 bits per heavy atom. The number of nitrogens with zero attached hydrogens (tertiary/aromatic N) is 2. The van der Waals surface area contributed by atoms with Gasteiger partial charge in [-0.3, -0.25) is 4.98 Å². The van der Waals surface area contributed by atoms with Crippen LogP contribution in [0.3, 0.4) is 0 Å². The van der Waals surface area contributed by atoms with Crippen LogP contribution < -0.4 is 5.32 Å². The second-order valence-electron chi connectivity index (χ2n) is 1.88. The summed E-state index contributed by atoms with van der Waals surface area (Å²) in [4.78, 5) is 7.69. The summed E-state index contributed by atoms with van der Waals surface area (Å²) in [6.07, 6.45) is 2.99. The summed E-state index contributed by atoms with van der Waals surface area (Å²) in [6.45, 7) is 0.517. The van der Waals surface area contributed by atoms with E-state index in [0.29, 0.717) is 17.5 Å². The lowest BCUT2D eigenvalue weighted by atomic mass is 10.6. The fourth-order valence-corrected chi connectivity index (χ4v) is 0.759. The summed E-state index contributed by atoms with van der Waals surface area (Å²) in [6, 6.07) is 0. The van der Waals surface area contributed by atoms with E-state index >= 15 is 0 Å². The summed E-state index contributed by atoms with van der Waals surface area (Å²) in [5.41, 5.74) is 0. The number of rotatable bonds is 3. The predicted molar refractivity (Wildman–Crippen MR) is 42.6 cm³/mol. The molecule has 0 spiro atoms. The van der Waals surface area contributed by atoms with E-state index in [1.807, 2.05) is 0 Å². The molecule has 0 aliphatic carbocycles. The molecule has 5 heteroatoms. The van der Waals surface area contributed by atoms with Crippen LogP contribution in [-0.2, 0) is 0 Å². The Labute approximate surface area is 69.2 Å². The highest BCUT2D eigenvalue weighted by molar-refractivity contribution is 6.29. The number of hydrogen-bond acceptors (Lipinski definition) is 4. The first-order valence-corrected chi connectivity index (χ1v) is 3.53. The first-order chi connectivity index (χ1) is 5.33. The molecule has 2 N–H and O–H groups in total. The third-order valence-electron chi connectivity index (χ3n) is 1.02.